The molecule has 0 spiro atoms. The van der Waals surface area contributed by atoms with E-state index in [4.69, 9.17) is 4.74 Å². The predicted molar refractivity (Wildman–Crippen MR) is 85.1 cm³/mol. The Bertz CT molecular complexity index is 663. The highest BCUT2D eigenvalue weighted by atomic mass is 19.3. The van der Waals surface area contributed by atoms with Crippen molar-refractivity contribution >= 4 is 0 Å². The van der Waals surface area contributed by atoms with Gasteiger partial charge in [0.05, 0.1) is 12.7 Å². The minimum atomic E-state index is -2.82. The first-order valence-corrected chi connectivity index (χ1v) is 7.97. The lowest BCUT2D eigenvalue weighted by Crippen LogP contribution is -2.39. The van der Waals surface area contributed by atoms with E-state index < -0.39 is 6.61 Å². The van der Waals surface area contributed by atoms with Crippen LogP contribution >= 0.6 is 0 Å². The summed E-state index contributed by atoms with van der Waals surface area (Å²) in [7, 11) is 1.94. The van der Waals surface area contributed by atoms with Crippen molar-refractivity contribution in [3.05, 3.63) is 47.8 Å². The molecular formula is C17H21F2N3O2. The van der Waals surface area contributed by atoms with Crippen molar-refractivity contribution in [3.8, 4) is 5.75 Å². The lowest BCUT2D eigenvalue weighted by atomic mass is 10.1. The third kappa shape index (κ3) is 4.30. The number of hydrogen-bond acceptors (Lipinski definition) is 4. The molecule has 7 heteroatoms. The fourth-order valence-corrected chi connectivity index (χ4v) is 2.92. The maximum absolute atomic E-state index is 12.4. The average Bonchev–Trinajstić information content (AvgIpc) is 2.98. The number of morpholine rings is 1. The maximum atomic E-state index is 12.4. The van der Waals surface area contributed by atoms with Gasteiger partial charge in [-0.1, -0.05) is 12.1 Å². The molecule has 130 valence electrons. The van der Waals surface area contributed by atoms with E-state index in [1.54, 1.807) is 18.3 Å². The van der Waals surface area contributed by atoms with E-state index in [1.807, 2.05) is 23.9 Å². The second kappa shape index (κ2) is 7.72. The lowest BCUT2D eigenvalue weighted by molar-refractivity contribution is -0.0507. The monoisotopic (exact) mass is 337 g/mol. The van der Waals surface area contributed by atoms with Crippen molar-refractivity contribution in [2.75, 3.05) is 26.2 Å². The Balaban J connectivity index is 1.60. The number of halogens is 2. The Hall–Kier alpha value is -1.99. The Morgan fingerprint density at radius 3 is 3.00 bits per heavy atom. The van der Waals surface area contributed by atoms with Crippen LogP contribution in [0.2, 0.25) is 0 Å². The number of rotatable bonds is 6. The largest absolute Gasteiger partial charge is 0.435 e. The van der Waals surface area contributed by atoms with E-state index in [0.717, 1.165) is 31.6 Å². The molecule has 1 unspecified atom stereocenters. The standard InChI is InChI=1S/C17H21F2N3O2/c1-21-14(5-7-20-21)6-8-22-9-10-23-16(12-22)13-3-2-4-15(11-13)24-17(18)19/h2-5,7,11,16-17H,6,8-10,12H2,1H3. The van der Waals surface area contributed by atoms with Crippen LogP contribution in [-0.4, -0.2) is 47.5 Å². The molecule has 24 heavy (non-hydrogen) atoms. The van der Waals surface area contributed by atoms with E-state index >= 15 is 0 Å². The molecule has 1 aromatic heterocycles. The lowest BCUT2D eigenvalue weighted by Gasteiger charge is -2.33. The van der Waals surface area contributed by atoms with Gasteiger partial charge in [0, 0.05) is 45.0 Å². The van der Waals surface area contributed by atoms with E-state index in [2.05, 4.69) is 14.7 Å². The molecule has 1 aliphatic heterocycles. The van der Waals surface area contributed by atoms with Crippen molar-refractivity contribution in [1.82, 2.24) is 14.7 Å². The van der Waals surface area contributed by atoms with Crippen LogP contribution in [0.25, 0.3) is 0 Å². The smallest absolute Gasteiger partial charge is 0.387 e. The van der Waals surface area contributed by atoms with E-state index in [1.165, 1.54) is 11.8 Å². The van der Waals surface area contributed by atoms with Crippen LogP contribution in [0.1, 0.15) is 17.4 Å². The van der Waals surface area contributed by atoms with Gasteiger partial charge in [-0.05, 0) is 23.8 Å². The number of benzene rings is 1. The zero-order chi connectivity index (χ0) is 16.9. The van der Waals surface area contributed by atoms with Crippen LogP contribution in [-0.2, 0) is 18.2 Å². The second-order valence-electron chi connectivity index (χ2n) is 5.81. The molecule has 1 aliphatic rings. The van der Waals surface area contributed by atoms with Gasteiger partial charge in [-0.2, -0.15) is 13.9 Å². The number of aryl methyl sites for hydroxylation is 1. The predicted octanol–water partition coefficient (Wildman–Crippen LogP) is 2.64. The summed E-state index contributed by atoms with van der Waals surface area (Å²) in [6.45, 7) is 0.308. The maximum Gasteiger partial charge on any atom is 0.387 e. The molecule has 1 atom stereocenters. The summed E-state index contributed by atoms with van der Waals surface area (Å²) in [6, 6.07) is 8.77. The van der Waals surface area contributed by atoms with Crippen molar-refractivity contribution in [2.45, 2.75) is 19.1 Å². The van der Waals surface area contributed by atoms with E-state index in [0.29, 0.717) is 6.61 Å². The van der Waals surface area contributed by atoms with Crippen LogP contribution in [0.5, 0.6) is 5.75 Å². The van der Waals surface area contributed by atoms with Gasteiger partial charge in [0.15, 0.2) is 0 Å². The van der Waals surface area contributed by atoms with Gasteiger partial charge in [0.1, 0.15) is 5.75 Å². The molecule has 1 fully saturated rings. The summed E-state index contributed by atoms with van der Waals surface area (Å²) in [6.07, 6.45) is 2.58. The summed E-state index contributed by atoms with van der Waals surface area (Å²) in [5.41, 5.74) is 2.05. The van der Waals surface area contributed by atoms with Crippen molar-refractivity contribution in [1.29, 1.82) is 0 Å². The van der Waals surface area contributed by atoms with Gasteiger partial charge in [0.2, 0.25) is 0 Å². The van der Waals surface area contributed by atoms with Gasteiger partial charge in [-0.15, -0.1) is 0 Å². The molecule has 0 aliphatic carbocycles. The van der Waals surface area contributed by atoms with Crippen LogP contribution < -0.4 is 4.74 Å². The van der Waals surface area contributed by atoms with Gasteiger partial charge in [-0.25, -0.2) is 0 Å². The normalized spacial score (nSPS) is 18.9. The van der Waals surface area contributed by atoms with Gasteiger partial charge in [-0.3, -0.25) is 9.58 Å². The molecule has 5 nitrogen and oxygen atoms in total. The Labute approximate surface area is 139 Å². The second-order valence-corrected chi connectivity index (χ2v) is 5.81. The molecule has 0 bridgehead atoms. The third-order valence-corrected chi connectivity index (χ3v) is 4.21. The molecule has 0 N–H and O–H groups in total. The highest BCUT2D eigenvalue weighted by Gasteiger charge is 2.22. The average molecular weight is 337 g/mol. The van der Waals surface area contributed by atoms with Crippen LogP contribution in [0.3, 0.4) is 0 Å². The summed E-state index contributed by atoms with van der Waals surface area (Å²) in [4.78, 5) is 2.32. The fraction of sp³-hybridized carbons (Fsp3) is 0.471. The number of nitrogens with zero attached hydrogens (tertiary/aromatic N) is 3. The molecule has 2 heterocycles. The third-order valence-electron chi connectivity index (χ3n) is 4.21. The molecule has 0 radical (unpaired) electrons. The van der Waals surface area contributed by atoms with E-state index in [9.17, 15) is 8.78 Å². The number of aromatic nitrogens is 2. The fourth-order valence-electron chi connectivity index (χ4n) is 2.92. The van der Waals surface area contributed by atoms with Crippen LogP contribution in [0.4, 0.5) is 8.78 Å². The zero-order valence-electron chi connectivity index (χ0n) is 13.6. The quantitative estimate of drug-likeness (QED) is 0.812. The topological polar surface area (TPSA) is 39.5 Å². The summed E-state index contributed by atoms with van der Waals surface area (Å²) >= 11 is 0. The molecule has 1 saturated heterocycles. The Morgan fingerprint density at radius 1 is 1.38 bits per heavy atom. The first-order valence-electron chi connectivity index (χ1n) is 7.97. The zero-order valence-corrected chi connectivity index (χ0v) is 13.6. The first kappa shape index (κ1) is 16.9. The molecule has 3 rings (SSSR count). The van der Waals surface area contributed by atoms with Crippen LogP contribution in [0, 0.1) is 0 Å². The number of hydrogen-bond donors (Lipinski definition) is 0. The minimum absolute atomic E-state index is 0.133. The molecule has 1 aromatic carbocycles. The SMILES string of the molecule is Cn1nccc1CCN1CCOC(c2cccc(OC(F)F)c2)C1. The summed E-state index contributed by atoms with van der Waals surface area (Å²) in [5.74, 6) is 0.165. The highest BCUT2D eigenvalue weighted by molar-refractivity contribution is 5.30. The number of ether oxygens (including phenoxy) is 2. The van der Waals surface area contributed by atoms with Crippen LogP contribution in [0.15, 0.2) is 36.5 Å². The van der Waals surface area contributed by atoms with Gasteiger partial charge < -0.3 is 9.47 Å². The molecular weight excluding hydrogens is 316 g/mol. The summed E-state index contributed by atoms with van der Waals surface area (Å²) < 4.78 is 36.9. The molecule has 0 saturated carbocycles. The Kier molecular flexibility index (Phi) is 5.42. The van der Waals surface area contributed by atoms with Crippen molar-refractivity contribution < 1.29 is 18.3 Å². The van der Waals surface area contributed by atoms with E-state index in [-0.39, 0.29) is 11.9 Å². The van der Waals surface area contributed by atoms with Gasteiger partial charge in [0.25, 0.3) is 0 Å². The summed E-state index contributed by atoms with van der Waals surface area (Å²) in [5, 5.41) is 4.17. The molecule has 2 aromatic rings. The van der Waals surface area contributed by atoms with Crippen molar-refractivity contribution in [2.24, 2.45) is 7.05 Å². The number of alkyl halides is 2. The Morgan fingerprint density at radius 2 is 2.25 bits per heavy atom. The highest BCUT2D eigenvalue weighted by Crippen LogP contribution is 2.26. The first-order chi connectivity index (χ1) is 11.6. The van der Waals surface area contributed by atoms with Crippen molar-refractivity contribution in [3.63, 3.8) is 0 Å². The molecule has 0 amide bonds. The van der Waals surface area contributed by atoms with Gasteiger partial charge >= 0.3 is 6.61 Å². The minimum Gasteiger partial charge on any atom is -0.435 e.